The number of thiophene rings is 1. The van der Waals surface area contributed by atoms with Crippen LogP contribution >= 0.6 is 11.3 Å². The van der Waals surface area contributed by atoms with Crippen LogP contribution in [0.25, 0.3) is 21.9 Å². The largest absolute Gasteiger partial charge is 0.365 e. The van der Waals surface area contributed by atoms with E-state index in [4.69, 9.17) is 4.98 Å². The predicted octanol–water partition coefficient (Wildman–Crippen LogP) is 3.71. The average molecular weight is 299 g/mol. The Kier molecular flexibility index (Phi) is 2.92. The number of nitrogens with zero attached hydrogens (tertiary/aromatic N) is 4. The van der Waals surface area contributed by atoms with Crippen LogP contribution in [0.5, 0.6) is 0 Å². The Morgan fingerprint density at radius 3 is 2.86 bits per heavy atom. The third-order valence-electron chi connectivity index (χ3n) is 3.65. The Labute approximate surface area is 127 Å². The standard InChI is InChI=1S/C15H17N5S/c1-9(2)20-14(11-4-3-7-21-11)19-12-13(18-10-5-6-10)16-8-17-15(12)20/h3-4,7-10H,5-6H2,1-2H3,(H,16,17,18). The zero-order chi connectivity index (χ0) is 14.4. The Hall–Kier alpha value is -1.95. The Bertz CT molecular complexity index is 771. The molecule has 0 aromatic carbocycles. The van der Waals surface area contributed by atoms with E-state index in [1.165, 1.54) is 17.7 Å². The zero-order valence-corrected chi connectivity index (χ0v) is 12.9. The molecule has 1 fully saturated rings. The quantitative estimate of drug-likeness (QED) is 0.798. The first-order valence-corrected chi connectivity index (χ1v) is 8.15. The highest BCUT2D eigenvalue weighted by molar-refractivity contribution is 7.13. The van der Waals surface area contributed by atoms with Gasteiger partial charge in [-0.3, -0.25) is 0 Å². The second-order valence-electron chi connectivity index (χ2n) is 5.69. The van der Waals surface area contributed by atoms with Gasteiger partial charge in [-0.05, 0) is 38.1 Å². The van der Waals surface area contributed by atoms with Gasteiger partial charge < -0.3 is 9.88 Å². The molecular formula is C15H17N5S. The van der Waals surface area contributed by atoms with Crippen molar-refractivity contribution in [2.45, 2.75) is 38.8 Å². The van der Waals surface area contributed by atoms with Gasteiger partial charge in [0, 0.05) is 12.1 Å². The van der Waals surface area contributed by atoms with Gasteiger partial charge in [0.2, 0.25) is 0 Å². The van der Waals surface area contributed by atoms with Gasteiger partial charge in [0.1, 0.15) is 6.33 Å². The van der Waals surface area contributed by atoms with Gasteiger partial charge in [-0.2, -0.15) is 0 Å². The van der Waals surface area contributed by atoms with Crippen molar-refractivity contribution < 1.29 is 0 Å². The number of hydrogen-bond donors (Lipinski definition) is 1. The van der Waals surface area contributed by atoms with Crippen LogP contribution in [0.1, 0.15) is 32.7 Å². The van der Waals surface area contributed by atoms with E-state index in [0.717, 1.165) is 22.8 Å². The van der Waals surface area contributed by atoms with Gasteiger partial charge in [-0.25, -0.2) is 15.0 Å². The van der Waals surface area contributed by atoms with E-state index in [-0.39, 0.29) is 0 Å². The molecule has 4 rings (SSSR count). The van der Waals surface area contributed by atoms with Crippen molar-refractivity contribution in [2.24, 2.45) is 0 Å². The molecule has 0 unspecified atom stereocenters. The summed E-state index contributed by atoms with van der Waals surface area (Å²) in [7, 11) is 0. The van der Waals surface area contributed by atoms with Gasteiger partial charge in [0.25, 0.3) is 0 Å². The van der Waals surface area contributed by atoms with Crippen LogP contribution < -0.4 is 5.32 Å². The molecule has 1 aliphatic carbocycles. The SMILES string of the molecule is CC(C)n1c(-c2cccs2)nc2c(NC3CC3)ncnc21. The molecule has 0 radical (unpaired) electrons. The van der Waals surface area contributed by atoms with Crippen LogP contribution in [-0.4, -0.2) is 25.6 Å². The van der Waals surface area contributed by atoms with E-state index in [0.29, 0.717) is 12.1 Å². The first-order chi connectivity index (χ1) is 10.2. The minimum absolute atomic E-state index is 0.302. The van der Waals surface area contributed by atoms with Crippen molar-refractivity contribution in [1.29, 1.82) is 0 Å². The first kappa shape index (κ1) is 12.8. The second-order valence-corrected chi connectivity index (χ2v) is 6.64. The van der Waals surface area contributed by atoms with Crippen molar-refractivity contribution in [1.82, 2.24) is 19.5 Å². The molecule has 0 spiro atoms. The normalized spacial score (nSPS) is 15.0. The lowest BCUT2D eigenvalue weighted by atomic mass is 10.3. The number of imidazole rings is 1. The highest BCUT2D eigenvalue weighted by atomic mass is 32.1. The van der Waals surface area contributed by atoms with E-state index in [2.05, 4.69) is 51.2 Å². The fourth-order valence-electron chi connectivity index (χ4n) is 2.50. The summed E-state index contributed by atoms with van der Waals surface area (Å²) in [5.74, 6) is 1.84. The summed E-state index contributed by atoms with van der Waals surface area (Å²) >= 11 is 1.70. The summed E-state index contributed by atoms with van der Waals surface area (Å²) in [6, 6.07) is 5.01. The van der Waals surface area contributed by atoms with E-state index in [1.807, 2.05) is 0 Å². The molecule has 1 N–H and O–H groups in total. The van der Waals surface area contributed by atoms with Crippen molar-refractivity contribution in [3.8, 4) is 10.7 Å². The van der Waals surface area contributed by atoms with Crippen molar-refractivity contribution >= 4 is 28.3 Å². The summed E-state index contributed by atoms with van der Waals surface area (Å²) in [5, 5.41) is 5.54. The Balaban J connectivity index is 1.94. The molecule has 1 saturated carbocycles. The fourth-order valence-corrected chi connectivity index (χ4v) is 3.21. The van der Waals surface area contributed by atoms with Gasteiger partial charge in [0.05, 0.1) is 4.88 Å². The monoisotopic (exact) mass is 299 g/mol. The predicted molar refractivity (Wildman–Crippen MR) is 85.7 cm³/mol. The van der Waals surface area contributed by atoms with Crippen LogP contribution in [0, 0.1) is 0 Å². The van der Waals surface area contributed by atoms with Gasteiger partial charge in [0.15, 0.2) is 22.8 Å². The molecule has 3 aromatic rings. The van der Waals surface area contributed by atoms with Crippen LogP contribution in [0.4, 0.5) is 5.82 Å². The lowest BCUT2D eigenvalue weighted by Crippen LogP contribution is -2.06. The molecule has 5 nitrogen and oxygen atoms in total. The molecule has 1 aliphatic rings. The Morgan fingerprint density at radius 1 is 1.33 bits per heavy atom. The molecule has 108 valence electrons. The third kappa shape index (κ3) is 2.19. The van der Waals surface area contributed by atoms with Crippen molar-refractivity contribution in [3.05, 3.63) is 23.8 Å². The summed E-state index contributed by atoms with van der Waals surface area (Å²) < 4.78 is 2.20. The number of fused-ring (bicyclic) bond motifs is 1. The van der Waals surface area contributed by atoms with E-state index in [9.17, 15) is 0 Å². The second kappa shape index (κ2) is 4.80. The minimum Gasteiger partial charge on any atom is -0.365 e. The molecule has 0 aliphatic heterocycles. The summed E-state index contributed by atoms with van der Waals surface area (Å²) in [4.78, 5) is 14.9. The maximum atomic E-state index is 4.84. The van der Waals surface area contributed by atoms with Crippen LogP contribution in [0.2, 0.25) is 0 Å². The van der Waals surface area contributed by atoms with Crippen LogP contribution in [0.3, 0.4) is 0 Å². The van der Waals surface area contributed by atoms with Crippen LogP contribution in [-0.2, 0) is 0 Å². The molecule has 0 bridgehead atoms. The van der Waals surface area contributed by atoms with E-state index >= 15 is 0 Å². The first-order valence-electron chi connectivity index (χ1n) is 7.27. The van der Waals surface area contributed by atoms with Gasteiger partial charge >= 0.3 is 0 Å². The lowest BCUT2D eigenvalue weighted by Gasteiger charge is -2.11. The Morgan fingerprint density at radius 2 is 2.19 bits per heavy atom. The topological polar surface area (TPSA) is 55.6 Å². The summed E-state index contributed by atoms with van der Waals surface area (Å²) in [6.07, 6.45) is 4.06. The number of hydrogen-bond acceptors (Lipinski definition) is 5. The molecular weight excluding hydrogens is 282 g/mol. The number of anilines is 1. The van der Waals surface area contributed by atoms with E-state index in [1.54, 1.807) is 17.7 Å². The minimum atomic E-state index is 0.302. The summed E-state index contributed by atoms with van der Waals surface area (Å²) in [5.41, 5.74) is 1.79. The van der Waals surface area contributed by atoms with E-state index < -0.39 is 0 Å². The number of aromatic nitrogens is 4. The van der Waals surface area contributed by atoms with Gasteiger partial charge in [-0.15, -0.1) is 11.3 Å². The molecule has 0 atom stereocenters. The molecule has 3 aromatic heterocycles. The maximum absolute atomic E-state index is 4.84. The highest BCUT2D eigenvalue weighted by Gasteiger charge is 2.25. The van der Waals surface area contributed by atoms with Crippen LogP contribution in [0.15, 0.2) is 23.8 Å². The molecule has 21 heavy (non-hydrogen) atoms. The van der Waals surface area contributed by atoms with Crippen molar-refractivity contribution in [3.63, 3.8) is 0 Å². The fraction of sp³-hybridized carbons (Fsp3) is 0.400. The smallest absolute Gasteiger partial charge is 0.166 e. The number of nitrogens with one attached hydrogen (secondary N) is 1. The average Bonchev–Trinajstić information content (AvgIpc) is 3.00. The summed E-state index contributed by atoms with van der Waals surface area (Å²) in [6.45, 7) is 4.32. The maximum Gasteiger partial charge on any atom is 0.166 e. The van der Waals surface area contributed by atoms with Gasteiger partial charge in [-0.1, -0.05) is 6.07 Å². The third-order valence-corrected chi connectivity index (χ3v) is 4.52. The molecule has 3 heterocycles. The highest BCUT2D eigenvalue weighted by Crippen LogP contribution is 2.33. The number of rotatable bonds is 4. The lowest BCUT2D eigenvalue weighted by molar-refractivity contribution is 0.620. The molecule has 0 saturated heterocycles. The molecule has 6 heteroatoms. The molecule has 0 amide bonds. The van der Waals surface area contributed by atoms with Crippen molar-refractivity contribution in [2.75, 3.05) is 5.32 Å². The zero-order valence-electron chi connectivity index (χ0n) is 12.1.